The fourth-order valence-corrected chi connectivity index (χ4v) is 2.20. The SMILES string of the molecule is COc1ccc(-c2cc3cc(OC)ccc3c(=O)o2)cc1. The van der Waals surface area contributed by atoms with Crippen molar-refractivity contribution < 1.29 is 13.9 Å². The van der Waals surface area contributed by atoms with Crippen LogP contribution < -0.4 is 15.1 Å². The van der Waals surface area contributed by atoms with Crippen molar-refractivity contribution >= 4 is 10.8 Å². The second-order valence-electron chi connectivity index (χ2n) is 4.58. The molecule has 0 amide bonds. The first-order chi connectivity index (χ1) is 10.2. The van der Waals surface area contributed by atoms with E-state index in [1.165, 1.54) is 0 Å². The highest BCUT2D eigenvalue weighted by molar-refractivity contribution is 5.85. The van der Waals surface area contributed by atoms with Gasteiger partial charge in [-0.05, 0) is 53.9 Å². The van der Waals surface area contributed by atoms with E-state index in [9.17, 15) is 4.79 Å². The van der Waals surface area contributed by atoms with Gasteiger partial charge < -0.3 is 13.9 Å². The fraction of sp³-hybridized carbons (Fsp3) is 0.118. The van der Waals surface area contributed by atoms with E-state index in [0.29, 0.717) is 16.9 Å². The molecule has 3 aromatic rings. The molecular formula is C17H14O4. The van der Waals surface area contributed by atoms with Gasteiger partial charge in [0.15, 0.2) is 0 Å². The second-order valence-corrected chi connectivity index (χ2v) is 4.58. The Balaban J connectivity index is 2.15. The minimum Gasteiger partial charge on any atom is -0.497 e. The molecule has 0 saturated heterocycles. The highest BCUT2D eigenvalue weighted by Gasteiger charge is 2.08. The molecule has 0 aliphatic heterocycles. The van der Waals surface area contributed by atoms with Crippen LogP contribution in [0.3, 0.4) is 0 Å². The Bertz CT molecular complexity index is 832. The molecule has 0 unspecified atom stereocenters. The van der Waals surface area contributed by atoms with Gasteiger partial charge in [-0.15, -0.1) is 0 Å². The van der Waals surface area contributed by atoms with Gasteiger partial charge in [0, 0.05) is 5.56 Å². The van der Waals surface area contributed by atoms with Crippen LogP contribution in [0, 0.1) is 0 Å². The molecule has 0 fully saturated rings. The molecule has 1 heterocycles. The average molecular weight is 282 g/mol. The molecule has 1 aromatic heterocycles. The summed E-state index contributed by atoms with van der Waals surface area (Å²) in [5.41, 5.74) is 0.457. The number of ether oxygens (including phenoxy) is 2. The van der Waals surface area contributed by atoms with Crippen LogP contribution >= 0.6 is 0 Å². The molecule has 0 atom stereocenters. The van der Waals surface area contributed by atoms with Crippen molar-refractivity contribution in [1.82, 2.24) is 0 Å². The molecule has 106 valence electrons. The number of hydrogen-bond donors (Lipinski definition) is 0. The predicted molar refractivity (Wildman–Crippen MR) is 81.0 cm³/mol. The smallest absolute Gasteiger partial charge is 0.344 e. The van der Waals surface area contributed by atoms with E-state index >= 15 is 0 Å². The van der Waals surface area contributed by atoms with Gasteiger partial charge in [0.25, 0.3) is 0 Å². The van der Waals surface area contributed by atoms with Crippen LogP contribution in [0.4, 0.5) is 0 Å². The summed E-state index contributed by atoms with van der Waals surface area (Å²) < 4.78 is 15.7. The first-order valence-electron chi connectivity index (χ1n) is 6.47. The van der Waals surface area contributed by atoms with Crippen molar-refractivity contribution in [2.75, 3.05) is 14.2 Å². The van der Waals surface area contributed by atoms with Crippen LogP contribution in [0.1, 0.15) is 0 Å². The Morgan fingerprint density at radius 2 is 1.52 bits per heavy atom. The molecule has 3 rings (SSSR count). The zero-order valence-corrected chi connectivity index (χ0v) is 11.8. The summed E-state index contributed by atoms with van der Waals surface area (Å²) in [4.78, 5) is 12.1. The molecular weight excluding hydrogens is 268 g/mol. The summed E-state index contributed by atoms with van der Waals surface area (Å²) in [6.45, 7) is 0. The topological polar surface area (TPSA) is 48.7 Å². The van der Waals surface area contributed by atoms with Gasteiger partial charge in [0.1, 0.15) is 17.3 Å². The summed E-state index contributed by atoms with van der Waals surface area (Å²) in [6.07, 6.45) is 0. The Morgan fingerprint density at radius 3 is 2.19 bits per heavy atom. The van der Waals surface area contributed by atoms with Crippen LogP contribution in [0.25, 0.3) is 22.1 Å². The van der Waals surface area contributed by atoms with E-state index in [2.05, 4.69) is 0 Å². The highest BCUT2D eigenvalue weighted by Crippen LogP contribution is 2.26. The van der Waals surface area contributed by atoms with E-state index in [1.54, 1.807) is 26.4 Å². The Kier molecular flexibility index (Phi) is 3.36. The first kappa shape index (κ1) is 13.2. The normalized spacial score (nSPS) is 10.6. The van der Waals surface area contributed by atoms with Crippen molar-refractivity contribution in [2.24, 2.45) is 0 Å². The number of hydrogen-bond acceptors (Lipinski definition) is 4. The van der Waals surface area contributed by atoms with Crippen molar-refractivity contribution in [1.29, 1.82) is 0 Å². The molecule has 4 nitrogen and oxygen atoms in total. The maximum atomic E-state index is 12.1. The van der Waals surface area contributed by atoms with Gasteiger partial charge >= 0.3 is 5.63 Å². The standard InChI is InChI=1S/C17H14O4/c1-19-13-5-3-11(4-6-13)16-10-12-9-14(20-2)7-8-15(12)17(18)21-16/h3-10H,1-2H3. The zero-order valence-electron chi connectivity index (χ0n) is 11.8. The predicted octanol–water partition coefficient (Wildman–Crippen LogP) is 3.48. The molecule has 0 saturated carbocycles. The molecule has 0 aliphatic carbocycles. The summed E-state index contributed by atoms with van der Waals surface area (Å²) in [5, 5.41) is 1.32. The molecule has 4 heteroatoms. The number of methoxy groups -OCH3 is 2. The van der Waals surface area contributed by atoms with Crippen molar-refractivity contribution in [3.8, 4) is 22.8 Å². The van der Waals surface area contributed by atoms with Gasteiger partial charge in [-0.1, -0.05) is 0 Å². The number of fused-ring (bicyclic) bond motifs is 1. The van der Waals surface area contributed by atoms with Crippen LogP contribution in [0.2, 0.25) is 0 Å². The quantitative estimate of drug-likeness (QED) is 0.738. The third kappa shape index (κ3) is 2.48. The maximum Gasteiger partial charge on any atom is 0.344 e. The van der Waals surface area contributed by atoms with Gasteiger partial charge in [-0.25, -0.2) is 4.79 Å². The van der Waals surface area contributed by atoms with Gasteiger partial charge in [0.2, 0.25) is 0 Å². The summed E-state index contributed by atoms with van der Waals surface area (Å²) in [5.74, 6) is 1.97. The van der Waals surface area contributed by atoms with Gasteiger partial charge in [0.05, 0.1) is 19.6 Å². The van der Waals surface area contributed by atoms with E-state index < -0.39 is 0 Å². The minimum atomic E-state index is -0.360. The van der Waals surface area contributed by atoms with Crippen molar-refractivity contribution in [2.45, 2.75) is 0 Å². The first-order valence-corrected chi connectivity index (χ1v) is 6.47. The Labute approximate surface area is 121 Å². The van der Waals surface area contributed by atoms with Crippen LogP contribution in [-0.4, -0.2) is 14.2 Å². The summed E-state index contributed by atoms with van der Waals surface area (Å²) in [6, 6.07) is 14.5. The minimum absolute atomic E-state index is 0.360. The highest BCUT2D eigenvalue weighted by atomic mass is 16.5. The maximum absolute atomic E-state index is 12.1. The Hall–Kier alpha value is -2.75. The molecule has 0 bridgehead atoms. The molecule has 0 aliphatic rings. The number of rotatable bonds is 3. The summed E-state index contributed by atoms with van der Waals surface area (Å²) >= 11 is 0. The lowest BCUT2D eigenvalue weighted by Gasteiger charge is -2.05. The van der Waals surface area contributed by atoms with E-state index in [1.807, 2.05) is 36.4 Å². The van der Waals surface area contributed by atoms with E-state index in [-0.39, 0.29) is 5.63 Å². The van der Waals surface area contributed by atoms with Crippen LogP contribution in [0.15, 0.2) is 57.7 Å². The summed E-state index contributed by atoms with van der Waals surface area (Å²) in [7, 11) is 3.20. The second kappa shape index (κ2) is 5.32. The zero-order chi connectivity index (χ0) is 14.8. The van der Waals surface area contributed by atoms with Gasteiger partial charge in [-0.3, -0.25) is 0 Å². The van der Waals surface area contributed by atoms with Crippen molar-refractivity contribution in [3.63, 3.8) is 0 Å². The molecule has 21 heavy (non-hydrogen) atoms. The largest absolute Gasteiger partial charge is 0.497 e. The van der Waals surface area contributed by atoms with Crippen LogP contribution in [-0.2, 0) is 0 Å². The Morgan fingerprint density at radius 1 is 0.857 bits per heavy atom. The monoisotopic (exact) mass is 282 g/mol. The fourth-order valence-electron chi connectivity index (χ4n) is 2.20. The molecule has 0 spiro atoms. The van der Waals surface area contributed by atoms with Crippen molar-refractivity contribution in [3.05, 3.63) is 59.0 Å². The van der Waals surface area contributed by atoms with Gasteiger partial charge in [-0.2, -0.15) is 0 Å². The van der Waals surface area contributed by atoms with Crippen LogP contribution in [0.5, 0.6) is 11.5 Å². The average Bonchev–Trinajstić information content (AvgIpc) is 2.54. The molecule has 0 N–H and O–H groups in total. The molecule has 0 radical (unpaired) electrons. The molecule has 2 aromatic carbocycles. The third-order valence-electron chi connectivity index (χ3n) is 3.34. The third-order valence-corrected chi connectivity index (χ3v) is 3.34. The lowest BCUT2D eigenvalue weighted by molar-refractivity contribution is 0.415. The lowest BCUT2D eigenvalue weighted by atomic mass is 10.1. The number of benzene rings is 2. The van der Waals surface area contributed by atoms with E-state index in [0.717, 1.165) is 16.7 Å². The van der Waals surface area contributed by atoms with E-state index in [4.69, 9.17) is 13.9 Å². The lowest BCUT2D eigenvalue weighted by Crippen LogP contribution is -2.00.